The number of anilines is 1. The van der Waals surface area contributed by atoms with Crippen molar-refractivity contribution in [1.82, 2.24) is 0 Å². The van der Waals surface area contributed by atoms with Crippen LogP contribution in [0.15, 0.2) is 40.9 Å². The monoisotopic (exact) mass is 350 g/mol. The smallest absolute Gasteiger partial charge is 0.272 e. The van der Waals surface area contributed by atoms with Gasteiger partial charge in [-0.2, -0.15) is 0 Å². The van der Waals surface area contributed by atoms with E-state index in [-0.39, 0.29) is 10.6 Å². The molecule has 0 fully saturated rings. The van der Waals surface area contributed by atoms with Crippen molar-refractivity contribution in [3.8, 4) is 5.75 Å². The predicted octanol–water partition coefficient (Wildman–Crippen LogP) is 4.29. The molecule has 0 radical (unpaired) electrons. The van der Waals surface area contributed by atoms with Gasteiger partial charge in [0.2, 0.25) is 0 Å². The molecule has 2 aromatic rings. The Balaban J connectivity index is 2.15. The molecule has 0 aliphatic carbocycles. The Morgan fingerprint density at radius 1 is 1.29 bits per heavy atom. The summed E-state index contributed by atoms with van der Waals surface area (Å²) < 4.78 is 6.29. The summed E-state index contributed by atoms with van der Waals surface area (Å²) in [6, 6.07) is 10.8. The summed E-state index contributed by atoms with van der Waals surface area (Å²) in [7, 11) is 1.63. The number of ether oxygens (including phenoxy) is 1. The van der Waals surface area contributed by atoms with Crippen LogP contribution in [0, 0.1) is 17.0 Å². The van der Waals surface area contributed by atoms with E-state index in [9.17, 15) is 10.1 Å². The summed E-state index contributed by atoms with van der Waals surface area (Å²) in [4.78, 5) is 10.4. The van der Waals surface area contributed by atoms with Crippen molar-refractivity contribution in [2.24, 2.45) is 0 Å². The van der Waals surface area contributed by atoms with Crippen LogP contribution in [-0.4, -0.2) is 12.0 Å². The number of benzene rings is 2. The fourth-order valence-corrected chi connectivity index (χ4v) is 2.46. The van der Waals surface area contributed by atoms with Crippen molar-refractivity contribution < 1.29 is 9.66 Å². The van der Waals surface area contributed by atoms with Crippen molar-refractivity contribution in [3.05, 3.63) is 62.1 Å². The van der Waals surface area contributed by atoms with E-state index >= 15 is 0 Å². The standard InChI is InChI=1S/C15H15BrN2O3/c1-10-7-13(4-5-14(10)18(19)20)17-9-11-8-12(16)3-6-15(11)21-2/h3-8,17H,9H2,1-2H3. The molecule has 0 saturated heterocycles. The van der Waals surface area contributed by atoms with Crippen molar-refractivity contribution >= 4 is 27.3 Å². The van der Waals surface area contributed by atoms with E-state index < -0.39 is 0 Å². The number of halogens is 1. The van der Waals surface area contributed by atoms with Crippen LogP contribution in [0.1, 0.15) is 11.1 Å². The molecule has 0 saturated carbocycles. The molecule has 21 heavy (non-hydrogen) atoms. The lowest BCUT2D eigenvalue weighted by Gasteiger charge is -2.11. The highest BCUT2D eigenvalue weighted by Crippen LogP contribution is 2.25. The average molecular weight is 351 g/mol. The summed E-state index contributed by atoms with van der Waals surface area (Å²) in [5.74, 6) is 0.796. The highest BCUT2D eigenvalue weighted by Gasteiger charge is 2.10. The number of rotatable bonds is 5. The van der Waals surface area contributed by atoms with Gasteiger partial charge in [0.25, 0.3) is 5.69 Å². The maximum Gasteiger partial charge on any atom is 0.272 e. The first-order valence-electron chi connectivity index (χ1n) is 6.32. The zero-order valence-electron chi connectivity index (χ0n) is 11.7. The first-order valence-corrected chi connectivity index (χ1v) is 7.12. The maximum atomic E-state index is 10.8. The van der Waals surface area contributed by atoms with Gasteiger partial charge in [0.1, 0.15) is 5.75 Å². The van der Waals surface area contributed by atoms with Gasteiger partial charge in [-0.1, -0.05) is 15.9 Å². The third kappa shape index (κ3) is 3.72. The van der Waals surface area contributed by atoms with Crippen LogP contribution >= 0.6 is 15.9 Å². The molecule has 0 spiro atoms. The fraction of sp³-hybridized carbons (Fsp3) is 0.200. The highest BCUT2D eigenvalue weighted by molar-refractivity contribution is 9.10. The molecular formula is C15H15BrN2O3. The molecule has 0 heterocycles. The zero-order chi connectivity index (χ0) is 15.4. The number of nitro benzene ring substituents is 1. The fourth-order valence-electron chi connectivity index (χ4n) is 2.05. The molecule has 0 amide bonds. The number of nitrogens with zero attached hydrogens (tertiary/aromatic N) is 1. The largest absolute Gasteiger partial charge is 0.496 e. The lowest BCUT2D eigenvalue weighted by atomic mass is 10.1. The minimum Gasteiger partial charge on any atom is -0.496 e. The van der Waals surface area contributed by atoms with Gasteiger partial charge in [0.05, 0.1) is 12.0 Å². The summed E-state index contributed by atoms with van der Waals surface area (Å²) in [6.07, 6.45) is 0. The van der Waals surface area contributed by atoms with Crippen LogP contribution in [0.2, 0.25) is 0 Å². The Hall–Kier alpha value is -2.08. The summed E-state index contributed by atoms with van der Waals surface area (Å²) in [6.45, 7) is 2.29. The van der Waals surface area contributed by atoms with Gasteiger partial charge >= 0.3 is 0 Å². The summed E-state index contributed by atoms with van der Waals surface area (Å²) in [5, 5.41) is 14.0. The van der Waals surface area contributed by atoms with Crippen LogP contribution in [0.4, 0.5) is 11.4 Å². The lowest BCUT2D eigenvalue weighted by molar-refractivity contribution is -0.385. The number of methoxy groups -OCH3 is 1. The SMILES string of the molecule is COc1ccc(Br)cc1CNc1ccc([N+](=O)[O-])c(C)c1. The van der Waals surface area contributed by atoms with E-state index in [1.807, 2.05) is 18.2 Å². The quantitative estimate of drug-likeness (QED) is 0.645. The van der Waals surface area contributed by atoms with E-state index in [1.165, 1.54) is 6.07 Å². The van der Waals surface area contributed by atoms with Crippen molar-refractivity contribution in [2.75, 3.05) is 12.4 Å². The number of hydrogen-bond acceptors (Lipinski definition) is 4. The van der Waals surface area contributed by atoms with E-state index in [2.05, 4.69) is 21.2 Å². The number of nitrogens with one attached hydrogen (secondary N) is 1. The second kappa shape index (κ2) is 6.58. The first kappa shape index (κ1) is 15.3. The second-order valence-electron chi connectivity index (χ2n) is 4.57. The Bertz CT molecular complexity index is 674. The van der Waals surface area contributed by atoms with Crippen molar-refractivity contribution in [3.63, 3.8) is 0 Å². The van der Waals surface area contributed by atoms with E-state index in [1.54, 1.807) is 26.2 Å². The van der Waals surface area contributed by atoms with Gasteiger partial charge in [-0.15, -0.1) is 0 Å². The van der Waals surface area contributed by atoms with Crippen LogP contribution in [0.5, 0.6) is 5.75 Å². The minimum absolute atomic E-state index is 0.126. The summed E-state index contributed by atoms with van der Waals surface area (Å²) >= 11 is 3.43. The maximum absolute atomic E-state index is 10.8. The van der Waals surface area contributed by atoms with Gasteiger partial charge in [0.15, 0.2) is 0 Å². The van der Waals surface area contributed by atoms with Crippen molar-refractivity contribution in [2.45, 2.75) is 13.5 Å². The molecule has 2 aromatic carbocycles. The molecule has 6 heteroatoms. The van der Waals surface area contributed by atoms with Gasteiger partial charge in [0, 0.05) is 33.9 Å². The normalized spacial score (nSPS) is 10.2. The van der Waals surface area contributed by atoms with E-state index in [0.717, 1.165) is 21.5 Å². The molecule has 1 N–H and O–H groups in total. The Morgan fingerprint density at radius 3 is 2.67 bits per heavy atom. The van der Waals surface area contributed by atoms with Crippen LogP contribution in [0.25, 0.3) is 0 Å². The van der Waals surface area contributed by atoms with Crippen LogP contribution in [-0.2, 0) is 6.54 Å². The number of hydrogen-bond donors (Lipinski definition) is 1. The molecule has 5 nitrogen and oxygen atoms in total. The lowest BCUT2D eigenvalue weighted by Crippen LogP contribution is -2.02. The molecule has 0 aliphatic rings. The van der Waals surface area contributed by atoms with Gasteiger partial charge in [-0.05, 0) is 37.3 Å². The Labute approximate surface area is 131 Å². The van der Waals surface area contributed by atoms with Crippen molar-refractivity contribution in [1.29, 1.82) is 0 Å². The molecule has 0 unspecified atom stereocenters. The molecule has 0 bridgehead atoms. The minimum atomic E-state index is -0.379. The first-order chi connectivity index (χ1) is 10.0. The van der Waals surface area contributed by atoms with Gasteiger partial charge in [-0.25, -0.2) is 0 Å². The van der Waals surface area contributed by atoms with Gasteiger partial charge < -0.3 is 10.1 Å². The van der Waals surface area contributed by atoms with Gasteiger partial charge in [-0.3, -0.25) is 10.1 Å². The second-order valence-corrected chi connectivity index (χ2v) is 5.48. The third-order valence-electron chi connectivity index (χ3n) is 3.12. The molecular weight excluding hydrogens is 336 g/mol. The van der Waals surface area contributed by atoms with E-state index in [4.69, 9.17) is 4.74 Å². The Morgan fingerprint density at radius 2 is 2.05 bits per heavy atom. The average Bonchev–Trinajstić information content (AvgIpc) is 2.45. The third-order valence-corrected chi connectivity index (χ3v) is 3.61. The topological polar surface area (TPSA) is 64.4 Å². The van der Waals surface area contributed by atoms with Crippen LogP contribution in [0.3, 0.4) is 0 Å². The summed E-state index contributed by atoms with van der Waals surface area (Å²) in [5.41, 5.74) is 2.59. The molecule has 0 aromatic heterocycles. The molecule has 110 valence electrons. The molecule has 2 rings (SSSR count). The van der Waals surface area contributed by atoms with Crippen LogP contribution < -0.4 is 10.1 Å². The zero-order valence-corrected chi connectivity index (χ0v) is 13.3. The number of nitro groups is 1. The molecule has 0 atom stereocenters. The predicted molar refractivity (Wildman–Crippen MR) is 85.9 cm³/mol. The Kier molecular flexibility index (Phi) is 4.80. The highest BCUT2D eigenvalue weighted by atomic mass is 79.9. The molecule has 0 aliphatic heterocycles. The van der Waals surface area contributed by atoms with E-state index in [0.29, 0.717) is 12.1 Å². The number of aryl methyl sites for hydroxylation is 1.